The number of rotatable bonds is 3. The van der Waals surface area contributed by atoms with Gasteiger partial charge in [0.1, 0.15) is 12.2 Å². The highest BCUT2D eigenvalue weighted by atomic mass is 16.3. The third kappa shape index (κ3) is 2.14. The monoisotopic (exact) mass is 362 g/mol. The quantitative estimate of drug-likeness (QED) is 0.711. The largest absolute Gasteiger partial charge is 0.395 e. The lowest BCUT2D eigenvalue weighted by Crippen LogP contribution is -2.59. The fraction of sp³-hybridized carbons (Fsp3) is 0.810. The Morgan fingerprint density at radius 1 is 1.12 bits per heavy atom. The highest BCUT2D eigenvalue weighted by Crippen LogP contribution is 2.67. The van der Waals surface area contributed by atoms with Crippen LogP contribution in [0.4, 0.5) is 0 Å². The number of aliphatic hydroxyl groups is 3. The van der Waals surface area contributed by atoms with Gasteiger partial charge in [-0.3, -0.25) is 9.59 Å². The first-order valence-electron chi connectivity index (χ1n) is 10.0. The van der Waals surface area contributed by atoms with Gasteiger partial charge in [0.25, 0.3) is 0 Å². The smallest absolute Gasteiger partial charge is 0.190 e. The van der Waals surface area contributed by atoms with Crippen LogP contribution in [-0.2, 0) is 9.59 Å². The van der Waals surface area contributed by atoms with Crippen molar-refractivity contribution < 1.29 is 24.9 Å². The Labute approximate surface area is 154 Å². The van der Waals surface area contributed by atoms with Crippen molar-refractivity contribution in [3.05, 3.63) is 11.6 Å². The van der Waals surface area contributed by atoms with E-state index in [0.717, 1.165) is 44.1 Å². The van der Waals surface area contributed by atoms with E-state index in [4.69, 9.17) is 0 Å². The normalized spacial score (nSPS) is 47.6. The van der Waals surface area contributed by atoms with E-state index in [1.807, 2.05) is 6.92 Å². The van der Waals surface area contributed by atoms with Crippen LogP contribution in [0, 0.1) is 28.6 Å². The molecule has 6 atom stereocenters. The van der Waals surface area contributed by atoms with Gasteiger partial charge in [-0.1, -0.05) is 12.5 Å². The van der Waals surface area contributed by atoms with Crippen LogP contribution in [0.2, 0.25) is 0 Å². The molecule has 144 valence electrons. The summed E-state index contributed by atoms with van der Waals surface area (Å²) in [4.78, 5) is 24.3. The van der Waals surface area contributed by atoms with Gasteiger partial charge >= 0.3 is 0 Å². The first-order valence-corrected chi connectivity index (χ1v) is 10.0. The molecule has 0 aliphatic heterocycles. The Hall–Kier alpha value is -1.04. The van der Waals surface area contributed by atoms with Crippen LogP contribution in [0.3, 0.4) is 0 Å². The molecule has 5 nitrogen and oxygen atoms in total. The predicted octanol–water partition coefficient (Wildman–Crippen LogP) is 1.78. The standard InChI is InChI=1S/C21H30O5/c1-19-7-5-17-15(16(19)6-9-21(19,26)18(25)11-22)3-2-13-10-14(24)4-8-20(13,17)12-23/h10,15-17,22-23,26H,2-9,11-12H2,1H3/t15-,16-,17-,19-,20+,21+/m0/s1. The lowest BCUT2D eigenvalue weighted by atomic mass is 9.46. The maximum atomic E-state index is 12.4. The second-order valence-electron chi connectivity index (χ2n) is 9.30. The minimum atomic E-state index is -1.43. The SMILES string of the molecule is C[C@]12CC[C@H]3[C@@H](CCC4=CC(=O)CC[C@@]43CO)[C@@H]1CC[C@@]2(O)C(=O)CO. The van der Waals surface area contributed by atoms with Gasteiger partial charge in [-0.15, -0.1) is 0 Å². The summed E-state index contributed by atoms with van der Waals surface area (Å²) in [5, 5.41) is 30.9. The lowest BCUT2D eigenvalue weighted by molar-refractivity contribution is -0.166. The maximum absolute atomic E-state index is 12.4. The molecule has 0 aromatic heterocycles. The van der Waals surface area contributed by atoms with Crippen molar-refractivity contribution in [1.82, 2.24) is 0 Å². The van der Waals surface area contributed by atoms with Gasteiger partial charge in [-0.2, -0.15) is 0 Å². The van der Waals surface area contributed by atoms with E-state index in [-0.39, 0.29) is 23.7 Å². The number of carbonyl (C=O) groups is 2. The molecule has 4 rings (SSSR count). The summed E-state index contributed by atoms with van der Waals surface area (Å²) in [6, 6.07) is 0. The predicted molar refractivity (Wildman–Crippen MR) is 95.2 cm³/mol. The first kappa shape index (κ1) is 18.3. The fourth-order valence-electron chi connectivity index (χ4n) is 7.26. The lowest BCUT2D eigenvalue weighted by Gasteiger charge is -2.59. The molecule has 0 radical (unpaired) electrons. The van der Waals surface area contributed by atoms with Crippen molar-refractivity contribution in [2.75, 3.05) is 13.2 Å². The van der Waals surface area contributed by atoms with Crippen LogP contribution in [0.1, 0.15) is 58.3 Å². The van der Waals surface area contributed by atoms with Crippen molar-refractivity contribution in [3.63, 3.8) is 0 Å². The van der Waals surface area contributed by atoms with Gasteiger partial charge in [0.15, 0.2) is 11.6 Å². The number of fused-ring (bicyclic) bond motifs is 5. The zero-order chi connectivity index (χ0) is 18.7. The van der Waals surface area contributed by atoms with Gasteiger partial charge in [0.05, 0.1) is 6.61 Å². The van der Waals surface area contributed by atoms with Gasteiger partial charge in [-0.25, -0.2) is 0 Å². The van der Waals surface area contributed by atoms with E-state index in [9.17, 15) is 24.9 Å². The maximum Gasteiger partial charge on any atom is 0.190 e. The average Bonchev–Trinajstić information content (AvgIpc) is 2.93. The van der Waals surface area contributed by atoms with E-state index >= 15 is 0 Å². The molecule has 4 aliphatic rings. The highest BCUT2D eigenvalue weighted by Gasteiger charge is 2.66. The van der Waals surface area contributed by atoms with Crippen LogP contribution >= 0.6 is 0 Å². The number of Topliss-reactive ketones (excluding diaryl/α,β-unsaturated/α-hetero) is 1. The van der Waals surface area contributed by atoms with Gasteiger partial charge < -0.3 is 15.3 Å². The van der Waals surface area contributed by atoms with E-state index < -0.39 is 23.4 Å². The fourth-order valence-corrected chi connectivity index (χ4v) is 7.26. The number of aliphatic hydroxyl groups excluding tert-OH is 2. The van der Waals surface area contributed by atoms with Crippen LogP contribution in [0.15, 0.2) is 11.6 Å². The molecular weight excluding hydrogens is 332 g/mol. The Bertz CT molecular complexity index is 669. The van der Waals surface area contributed by atoms with E-state index in [1.165, 1.54) is 0 Å². The molecule has 4 aliphatic carbocycles. The molecular formula is C21H30O5. The summed E-state index contributed by atoms with van der Waals surface area (Å²) in [5.74, 6) is 0.616. The van der Waals surface area contributed by atoms with E-state index in [1.54, 1.807) is 6.08 Å². The summed E-state index contributed by atoms with van der Waals surface area (Å²) in [7, 11) is 0. The number of carbonyl (C=O) groups excluding carboxylic acids is 2. The summed E-state index contributed by atoms with van der Waals surface area (Å²) < 4.78 is 0. The summed E-state index contributed by atoms with van der Waals surface area (Å²) in [6.45, 7) is 1.49. The number of hydrogen-bond acceptors (Lipinski definition) is 5. The second kappa shape index (κ2) is 5.98. The molecule has 3 fully saturated rings. The molecule has 0 aromatic rings. The molecule has 0 saturated heterocycles. The van der Waals surface area contributed by atoms with Crippen molar-refractivity contribution in [3.8, 4) is 0 Å². The van der Waals surface area contributed by atoms with Gasteiger partial charge in [0.2, 0.25) is 0 Å². The van der Waals surface area contributed by atoms with Gasteiger partial charge in [-0.05, 0) is 68.8 Å². The molecule has 26 heavy (non-hydrogen) atoms. The topological polar surface area (TPSA) is 94.8 Å². The van der Waals surface area contributed by atoms with Crippen molar-refractivity contribution in [2.24, 2.45) is 28.6 Å². The minimum Gasteiger partial charge on any atom is -0.395 e. The zero-order valence-electron chi connectivity index (χ0n) is 15.5. The Morgan fingerprint density at radius 3 is 2.54 bits per heavy atom. The van der Waals surface area contributed by atoms with Crippen LogP contribution < -0.4 is 0 Å². The van der Waals surface area contributed by atoms with E-state index in [2.05, 4.69) is 0 Å². The molecule has 0 amide bonds. The minimum absolute atomic E-state index is 0.0799. The average molecular weight is 362 g/mol. The highest BCUT2D eigenvalue weighted by molar-refractivity contribution is 5.92. The Balaban J connectivity index is 1.70. The Kier molecular flexibility index (Phi) is 4.22. The van der Waals surface area contributed by atoms with Crippen LogP contribution in [0.25, 0.3) is 0 Å². The molecule has 0 heterocycles. The number of ketones is 2. The van der Waals surface area contributed by atoms with Crippen LogP contribution in [-0.4, -0.2) is 45.7 Å². The molecule has 3 saturated carbocycles. The first-order chi connectivity index (χ1) is 12.3. The van der Waals surface area contributed by atoms with Crippen molar-refractivity contribution in [1.29, 1.82) is 0 Å². The molecule has 3 N–H and O–H groups in total. The molecule has 0 bridgehead atoms. The van der Waals surface area contributed by atoms with Crippen molar-refractivity contribution in [2.45, 2.75) is 63.9 Å². The third-order valence-electron chi connectivity index (χ3n) is 8.72. The summed E-state index contributed by atoms with van der Waals surface area (Å²) >= 11 is 0. The third-order valence-corrected chi connectivity index (χ3v) is 8.72. The zero-order valence-corrected chi connectivity index (χ0v) is 15.5. The van der Waals surface area contributed by atoms with Crippen LogP contribution in [0.5, 0.6) is 0 Å². The summed E-state index contributed by atoms with van der Waals surface area (Å²) in [5.41, 5.74) is -1.10. The molecule has 5 heteroatoms. The van der Waals surface area contributed by atoms with Crippen molar-refractivity contribution >= 4 is 11.6 Å². The second-order valence-corrected chi connectivity index (χ2v) is 9.30. The molecule has 0 unspecified atom stereocenters. The van der Waals surface area contributed by atoms with E-state index in [0.29, 0.717) is 24.7 Å². The summed E-state index contributed by atoms with van der Waals surface area (Å²) in [6.07, 6.45) is 7.57. The number of hydrogen-bond donors (Lipinski definition) is 3. The van der Waals surface area contributed by atoms with Gasteiger partial charge in [0, 0.05) is 17.3 Å². The molecule has 0 spiro atoms. The molecule has 0 aromatic carbocycles. The Morgan fingerprint density at radius 2 is 1.85 bits per heavy atom.